The molecule has 2 aromatic rings. The van der Waals surface area contributed by atoms with Gasteiger partial charge in [-0.05, 0) is 18.2 Å². The largest absolute Gasteiger partial charge is 1.00 e. The summed E-state index contributed by atoms with van der Waals surface area (Å²) in [4.78, 5) is 0. The number of hydrogen-bond donors (Lipinski definition) is 1. The first-order valence-electron chi connectivity index (χ1n) is 3.85. The number of rotatable bonds is 0. The molecule has 0 saturated heterocycles. The molecule has 3 N–H and O–H groups in total. The zero-order valence-corrected chi connectivity index (χ0v) is 8.49. The molecule has 0 spiro atoms. The lowest BCUT2D eigenvalue weighted by molar-refractivity contribution is -0.645. The third-order valence-corrected chi connectivity index (χ3v) is 1.98. The molecule has 4 heteroatoms. The molecule has 1 aromatic heterocycles. The van der Waals surface area contributed by atoms with Crippen molar-refractivity contribution in [1.29, 1.82) is 0 Å². The number of nitrogens with zero attached hydrogens (tertiary/aromatic N) is 1. The van der Waals surface area contributed by atoms with Crippen LogP contribution in [0, 0.1) is 0 Å². The Hall–Kier alpha value is -1.32. The van der Waals surface area contributed by atoms with E-state index in [1.807, 2.05) is 42.1 Å². The first kappa shape index (κ1) is 12.7. The Balaban J connectivity index is 0.000000845. The molecule has 0 aliphatic rings. The van der Waals surface area contributed by atoms with Gasteiger partial charge in [0, 0.05) is 6.07 Å². The van der Waals surface area contributed by atoms with E-state index in [-0.39, 0.29) is 17.9 Å². The number of para-hydroxylation sites is 1. The molecule has 1 heterocycles. The van der Waals surface area contributed by atoms with Gasteiger partial charge in [0.25, 0.3) is 5.52 Å². The number of halogens is 1. The Morgan fingerprint density at radius 2 is 1.79 bits per heavy atom. The van der Waals surface area contributed by atoms with Crippen LogP contribution in [0.25, 0.3) is 10.9 Å². The average molecular weight is 214 g/mol. The number of pyridine rings is 1. The van der Waals surface area contributed by atoms with E-state index in [1.165, 1.54) is 0 Å². The van der Waals surface area contributed by atoms with Gasteiger partial charge in [-0.25, -0.2) is 0 Å². The fraction of sp³-hybridized carbons (Fsp3) is 0.100. The van der Waals surface area contributed by atoms with E-state index in [4.69, 9.17) is 0 Å². The van der Waals surface area contributed by atoms with E-state index in [0.717, 1.165) is 10.9 Å². The molecule has 0 fully saturated rings. The number of aryl methyl sites for hydroxylation is 1. The van der Waals surface area contributed by atoms with Crippen LogP contribution in [0.1, 0.15) is 0 Å². The Labute approximate surface area is 88.3 Å². The van der Waals surface area contributed by atoms with Gasteiger partial charge in [0.15, 0.2) is 11.9 Å². The van der Waals surface area contributed by atoms with Crippen molar-refractivity contribution >= 4 is 10.9 Å². The molecule has 0 aliphatic carbocycles. The summed E-state index contributed by atoms with van der Waals surface area (Å²) in [6.45, 7) is 0. The third kappa shape index (κ3) is 1.95. The van der Waals surface area contributed by atoms with E-state index in [0.29, 0.717) is 5.75 Å². The van der Waals surface area contributed by atoms with Gasteiger partial charge in [-0.2, -0.15) is 4.57 Å². The number of fused-ring (bicyclic) bond motifs is 1. The van der Waals surface area contributed by atoms with Crippen molar-refractivity contribution in [2.24, 2.45) is 7.05 Å². The summed E-state index contributed by atoms with van der Waals surface area (Å²) in [6, 6.07) is 9.46. The second kappa shape index (κ2) is 4.79. The summed E-state index contributed by atoms with van der Waals surface area (Å²) in [6.07, 6.45) is 1.92. The molecule has 0 unspecified atom stereocenters. The van der Waals surface area contributed by atoms with Crippen LogP contribution in [-0.4, -0.2) is 10.6 Å². The monoisotopic (exact) mass is 213 g/mol. The number of phenolic OH excluding ortho intramolecular Hbond substituents is 1. The number of phenols is 1. The molecule has 0 bridgehead atoms. The van der Waals surface area contributed by atoms with E-state index in [9.17, 15) is 5.11 Å². The molecule has 0 aliphatic heterocycles. The first-order chi connectivity index (χ1) is 5.79. The molecule has 14 heavy (non-hydrogen) atoms. The summed E-state index contributed by atoms with van der Waals surface area (Å²) >= 11 is 0. The van der Waals surface area contributed by atoms with Crippen molar-refractivity contribution in [3.63, 3.8) is 0 Å². The van der Waals surface area contributed by atoms with Crippen molar-refractivity contribution in [3.8, 4) is 5.75 Å². The lowest BCUT2D eigenvalue weighted by Crippen LogP contribution is -3.00. The summed E-state index contributed by atoms with van der Waals surface area (Å²) < 4.78 is 1.91. The molecule has 2 rings (SSSR count). The van der Waals surface area contributed by atoms with Crippen molar-refractivity contribution < 1.29 is 27.6 Å². The average Bonchev–Trinajstić information content (AvgIpc) is 2.04. The predicted octanol–water partition coefficient (Wildman–Crippen LogP) is -2.45. The van der Waals surface area contributed by atoms with Gasteiger partial charge < -0.3 is 23.0 Å². The molecular weight excluding hydrogens is 202 g/mol. The maximum atomic E-state index is 9.53. The van der Waals surface area contributed by atoms with Crippen LogP contribution >= 0.6 is 0 Å². The molecule has 0 radical (unpaired) electrons. The van der Waals surface area contributed by atoms with Crippen LogP contribution in [-0.2, 0) is 7.05 Å². The fourth-order valence-corrected chi connectivity index (χ4v) is 1.42. The Morgan fingerprint density at radius 1 is 1.14 bits per heavy atom. The minimum Gasteiger partial charge on any atom is -1.00 e. The smallest absolute Gasteiger partial charge is 0.254 e. The third-order valence-electron chi connectivity index (χ3n) is 1.98. The molecule has 0 atom stereocenters. The zero-order chi connectivity index (χ0) is 8.55. The highest BCUT2D eigenvalue weighted by Crippen LogP contribution is 2.19. The highest BCUT2D eigenvalue weighted by atomic mass is 35.5. The lowest BCUT2D eigenvalue weighted by Gasteiger charge is -1.96. The van der Waals surface area contributed by atoms with Gasteiger partial charge in [0.2, 0.25) is 0 Å². The Kier molecular flexibility index (Phi) is 4.34. The predicted molar refractivity (Wildman–Crippen MR) is 50.4 cm³/mol. The molecule has 3 nitrogen and oxygen atoms in total. The second-order valence-electron chi connectivity index (χ2n) is 2.83. The van der Waals surface area contributed by atoms with Gasteiger partial charge in [0.05, 0.1) is 5.39 Å². The van der Waals surface area contributed by atoms with Gasteiger partial charge >= 0.3 is 0 Å². The van der Waals surface area contributed by atoms with E-state index in [1.54, 1.807) is 6.07 Å². The Bertz CT molecular complexity index is 395. The van der Waals surface area contributed by atoms with Gasteiger partial charge in [-0.3, -0.25) is 0 Å². The van der Waals surface area contributed by atoms with Crippen molar-refractivity contribution in [1.82, 2.24) is 0 Å². The highest BCUT2D eigenvalue weighted by Gasteiger charge is 2.07. The summed E-state index contributed by atoms with van der Waals surface area (Å²) in [5.74, 6) is 0.329. The normalized spacial score (nSPS) is 8.93. The molecule has 76 valence electrons. The van der Waals surface area contributed by atoms with E-state index >= 15 is 0 Å². The van der Waals surface area contributed by atoms with Crippen LogP contribution in [0.4, 0.5) is 0 Å². The summed E-state index contributed by atoms with van der Waals surface area (Å²) in [5.41, 5.74) is 0.875. The summed E-state index contributed by atoms with van der Waals surface area (Å²) in [7, 11) is 1.92. The second-order valence-corrected chi connectivity index (χ2v) is 2.83. The fourth-order valence-electron chi connectivity index (χ4n) is 1.42. The van der Waals surface area contributed by atoms with E-state index in [2.05, 4.69) is 0 Å². The lowest BCUT2D eigenvalue weighted by atomic mass is 10.2. The quantitative estimate of drug-likeness (QED) is 0.486. The minimum absolute atomic E-state index is 0. The molecule has 1 aromatic carbocycles. The van der Waals surface area contributed by atoms with Crippen LogP contribution < -0.4 is 17.0 Å². The summed E-state index contributed by atoms with van der Waals surface area (Å²) in [5, 5.41) is 10.6. The minimum atomic E-state index is 0. The standard InChI is InChI=1S/C10H9NO.ClH.H2O/c1-11-7-3-5-8-4-2-6-9(12)10(8)11;;/h2-7H,1H3;1H;1H2. The van der Waals surface area contributed by atoms with Crippen LogP contribution in [0.15, 0.2) is 36.5 Å². The van der Waals surface area contributed by atoms with Crippen molar-refractivity contribution in [3.05, 3.63) is 36.5 Å². The molecule has 0 amide bonds. The SMILES string of the molecule is C[n+]1cccc2cccc(O)c21.O.[Cl-]. The van der Waals surface area contributed by atoms with Gasteiger partial charge in [0.1, 0.15) is 7.05 Å². The van der Waals surface area contributed by atoms with Crippen LogP contribution in [0.5, 0.6) is 5.75 Å². The Morgan fingerprint density at radius 3 is 2.43 bits per heavy atom. The van der Waals surface area contributed by atoms with Gasteiger partial charge in [-0.1, -0.05) is 6.07 Å². The molecule has 0 saturated carbocycles. The maximum absolute atomic E-state index is 9.53. The van der Waals surface area contributed by atoms with E-state index < -0.39 is 0 Å². The number of benzene rings is 1. The number of hydrogen-bond acceptors (Lipinski definition) is 1. The van der Waals surface area contributed by atoms with Crippen LogP contribution in [0.2, 0.25) is 0 Å². The number of aromatic nitrogens is 1. The highest BCUT2D eigenvalue weighted by molar-refractivity contribution is 5.80. The topological polar surface area (TPSA) is 55.6 Å². The molecular formula is C10H12ClNO2. The van der Waals surface area contributed by atoms with Crippen LogP contribution in [0.3, 0.4) is 0 Å². The van der Waals surface area contributed by atoms with Gasteiger partial charge in [-0.15, -0.1) is 0 Å². The maximum Gasteiger partial charge on any atom is 0.254 e. The van der Waals surface area contributed by atoms with Crippen molar-refractivity contribution in [2.75, 3.05) is 0 Å². The zero-order valence-electron chi connectivity index (χ0n) is 7.74. The number of aromatic hydroxyl groups is 1. The van der Waals surface area contributed by atoms with Crippen molar-refractivity contribution in [2.45, 2.75) is 0 Å². The first-order valence-corrected chi connectivity index (χ1v) is 3.85.